The molecule has 6 nitrogen and oxygen atoms in total. The first kappa shape index (κ1) is 28.4. The molecule has 212 valence electrons. The number of nitrogens with zero attached hydrogens (tertiary/aromatic N) is 1. The molecular weight excluding hydrogens is 512 g/mol. The number of ether oxygens (including phenoxy) is 2. The van der Waals surface area contributed by atoms with Gasteiger partial charge in [-0.2, -0.15) is 0 Å². The lowest BCUT2D eigenvalue weighted by Crippen LogP contribution is -2.36. The molecule has 0 aliphatic carbocycles. The molecule has 2 N–H and O–H groups in total. The number of aliphatic carboxylic acids is 1. The number of hydrogen-bond acceptors (Lipinski definition) is 5. The van der Waals surface area contributed by atoms with Gasteiger partial charge in [-0.3, -0.25) is 9.69 Å². The van der Waals surface area contributed by atoms with Gasteiger partial charge in [-0.15, -0.1) is 0 Å². The van der Waals surface area contributed by atoms with Crippen molar-refractivity contribution in [2.45, 2.75) is 58.7 Å². The predicted octanol–water partition coefficient (Wildman–Crippen LogP) is 6.28. The van der Waals surface area contributed by atoms with Crippen molar-refractivity contribution in [3.8, 4) is 11.5 Å². The van der Waals surface area contributed by atoms with Gasteiger partial charge in [0.05, 0.1) is 0 Å². The van der Waals surface area contributed by atoms with E-state index in [4.69, 9.17) is 9.47 Å². The van der Waals surface area contributed by atoms with Gasteiger partial charge in [-0.05, 0) is 43.5 Å². The summed E-state index contributed by atoms with van der Waals surface area (Å²) >= 11 is 0. The largest absolute Gasteiger partial charge is 0.489 e. The Labute approximate surface area is 242 Å². The molecule has 0 amide bonds. The Morgan fingerprint density at radius 3 is 1.76 bits per heavy atom. The van der Waals surface area contributed by atoms with Crippen LogP contribution >= 0.6 is 0 Å². The second kappa shape index (κ2) is 13.5. The summed E-state index contributed by atoms with van der Waals surface area (Å²) in [5, 5.41) is 12.8. The van der Waals surface area contributed by atoms with Gasteiger partial charge in [0.25, 0.3) is 0 Å². The number of carboxylic acid groups (broad SMARTS) is 1. The first-order valence-electron chi connectivity index (χ1n) is 14.2. The van der Waals surface area contributed by atoms with Gasteiger partial charge in [0.2, 0.25) is 0 Å². The van der Waals surface area contributed by atoms with Crippen LogP contribution in [-0.4, -0.2) is 34.6 Å². The molecule has 1 saturated heterocycles. The molecule has 41 heavy (non-hydrogen) atoms. The first-order valence-corrected chi connectivity index (χ1v) is 14.2. The molecular formula is C35H38N2O4. The molecule has 1 unspecified atom stereocenters. The van der Waals surface area contributed by atoms with Crippen molar-refractivity contribution >= 4 is 5.97 Å². The van der Waals surface area contributed by atoms with E-state index in [0.717, 1.165) is 33.8 Å². The second-order valence-corrected chi connectivity index (χ2v) is 10.9. The molecule has 6 heteroatoms. The highest BCUT2D eigenvalue weighted by molar-refractivity contribution is 5.74. The van der Waals surface area contributed by atoms with Crippen LogP contribution in [0.25, 0.3) is 0 Å². The van der Waals surface area contributed by atoms with Gasteiger partial charge < -0.3 is 19.9 Å². The Bertz CT molecular complexity index is 1380. The Kier molecular flexibility index (Phi) is 9.34. The van der Waals surface area contributed by atoms with E-state index in [1.165, 1.54) is 11.1 Å². The number of nitrogens with one attached hydrogen (secondary N) is 1. The summed E-state index contributed by atoms with van der Waals surface area (Å²) in [7, 11) is 0. The van der Waals surface area contributed by atoms with Gasteiger partial charge in [0, 0.05) is 36.8 Å². The number of rotatable bonds is 12. The molecule has 4 aromatic rings. The van der Waals surface area contributed by atoms with E-state index < -0.39 is 12.0 Å². The maximum atomic E-state index is 11.8. The van der Waals surface area contributed by atoms with Crippen LogP contribution in [0, 0.1) is 13.8 Å². The Morgan fingerprint density at radius 2 is 1.29 bits per heavy atom. The van der Waals surface area contributed by atoms with Crippen LogP contribution in [0.5, 0.6) is 11.5 Å². The zero-order valence-electron chi connectivity index (χ0n) is 23.8. The highest BCUT2D eigenvalue weighted by Gasteiger charge is 2.33. The normalized spacial score (nSPS) is 16.6. The molecule has 1 fully saturated rings. The third-order valence-corrected chi connectivity index (χ3v) is 7.57. The summed E-state index contributed by atoms with van der Waals surface area (Å²) < 4.78 is 12.6. The molecule has 1 heterocycles. The van der Waals surface area contributed by atoms with Gasteiger partial charge in [0.15, 0.2) is 0 Å². The minimum absolute atomic E-state index is 0.0470. The fourth-order valence-electron chi connectivity index (χ4n) is 5.41. The lowest BCUT2D eigenvalue weighted by molar-refractivity contribution is -0.139. The van der Waals surface area contributed by atoms with Gasteiger partial charge in [-0.25, -0.2) is 0 Å². The van der Waals surface area contributed by atoms with Crippen molar-refractivity contribution in [3.63, 3.8) is 0 Å². The lowest BCUT2D eigenvalue weighted by Gasteiger charge is -2.30. The average molecular weight is 551 g/mol. The van der Waals surface area contributed by atoms with Gasteiger partial charge in [-0.1, -0.05) is 96.1 Å². The van der Waals surface area contributed by atoms with E-state index >= 15 is 0 Å². The second-order valence-electron chi connectivity index (χ2n) is 10.9. The fraction of sp³-hybridized carbons (Fsp3) is 0.286. The minimum atomic E-state index is -0.809. The molecule has 0 saturated carbocycles. The van der Waals surface area contributed by atoms with E-state index in [2.05, 4.69) is 72.6 Å². The quantitative estimate of drug-likeness (QED) is 0.216. The number of carboxylic acids is 1. The van der Waals surface area contributed by atoms with Crippen LogP contribution in [0.4, 0.5) is 0 Å². The van der Waals surface area contributed by atoms with Crippen LogP contribution in [0.1, 0.15) is 39.8 Å². The van der Waals surface area contributed by atoms with Crippen molar-refractivity contribution in [1.29, 1.82) is 0 Å². The van der Waals surface area contributed by atoms with E-state index in [9.17, 15) is 9.90 Å². The van der Waals surface area contributed by atoms with Crippen molar-refractivity contribution in [2.24, 2.45) is 0 Å². The predicted molar refractivity (Wildman–Crippen MR) is 161 cm³/mol. The number of aryl methyl sites for hydroxylation is 2. The van der Waals surface area contributed by atoms with Crippen LogP contribution < -0.4 is 14.8 Å². The Morgan fingerprint density at radius 1 is 0.780 bits per heavy atom. The van der Waals surface area contributed by atoms with Crippen LogP contribution in [0.3, 0.4) is 0 Å². The zero-order chi connectivity index (χ0) is 28.6. The Hall–Kier alpha value is -4.13. The summed E-state index contributed by atoms with van der Waals surface area (Å²) in [6.45, 7) is 6.98. The van der Waals surface area contributed by atoms with E-state index in [0.29, 0.717) is 39.3 Å². The molecule has 0 bridgehead atoms. The van der Waals surface area contributed by atoms with Crippen molar-refractivity contribution in [2.75, 3.05) is 6.54 Å². The van der Waals surface area contributed by atoms with E-state index in [1.807, 2.05) is 48.5 Å². The van der Waals surface area contributed by atoms with Crippen LogP contribution in [0.2, 0.25) is 0 Å². The monoisotopic (exact) mass is 550 g/mol. The SMILES string of the molecule is Cc1cccc(COc2ccccc2CN(Cc2ccccc2OCc2cccc(C)c2)C2CN[C@H](C(=O)O)C2)c1. The van der Waals surface area contributed by atoms with Gasteiger partial charge >= 0.3 is 5.97 Å². The third-order valence-electron chi connectivity index (χ3n) is 7.57. The molecule has 1 aliphatic rings. The maximum Gasteiger partial charge on any atom is 0.320 e. The zero-order valence-corrected chi connectivity index (χ0v) is 23.8. The highest BCUT2D eigenvalue weighted by atomic mass is 16.5. The van der Waals surface area contributed by atoms with Crippen LogP contribution in [0.15, 0.2) is 97.1 Å². The summed E-state index contributed by atoms with van der Waals surface area (Å²) in [6.07, 6.45) is 0.536. The van der Waals surface area contributed by atoms with Crippen molar-refractivity contribution in [3.05, 3.63) is 130 Å². The van der Waals surface area contributed by atoms with Crippen molar-refractivity contribution in [1.82, 2.24) is 10.2 Å². The topological polar surface area (TPSA) is 71.0 Å². The molecule has 2 atom stereocenters. The van der Waals surface area contributed by atoms with E-state index in [-0.39, 0.29) is 6.04 Å². The third kappa shape index (κ3) is 7.75. The molecule has 5 rings (SSSR count). The minimum Gasteiger partial charge on any atom is -0.489 e. The Balaban J connectivity index is 1.36. The molecule has 4 aromatic carbocycles. The fourth-order valence-corrected chi connectivity index (χ4v) is 5.41. The van der Waals surface area contributed by atoms with Crippen molar-refractivity contribution < 1.29 is 19.4 Å². The van der Waals surface area contributed by atoms with E-state index in [1.54, 1.807) is 0 Å². The summed E-state index contributed by atoms with van der Waals surface area (Å²) in [4.78, 5) is 14.1. The molecule has 0 radical (unpaired) electrons. The maximum absolute atomic E-state index is 11.8. The van der Waals surface area contributed by atoms with Crippen LogP contribution in [-0.2, 0) is 31.1 Å². The highest BCUT2D eigenvalue weighted by Crippen LogP contribution is 2.28. The number of hydrogen-bond donors (Lipinski definition) is 2. The molecule has 0 spiro atoms. The molecule has 0 aromatic heterocycles. The number of para-hydroxylation sites is 2. The standard InChI is InChI=1S/C35H38N2O4/c1-25-9-7-11-27(17-25)23-40-33-15-5-3-13-29(33)21-37(31-19-32(35(38)39)36-20-31)22-30-14-4-6-16-34(30)41-24-28-12-8-10-26(2)18-28/h3-18,31-32,36H,19-24H2,1-2H3,(H,38,39)/t31?,32-/m0/s1. The molecule has 1 aliphatic heterocycles. The van der Waals surface area contributed by atoms with Gasteiger partial charge in [0.1, 0.15) is 30.8 Å². The first-order chi connectivity index (χ1) is 19.9. The summed E-state index contributed by atoms with van der Waals surface area (Å²) in [6, 6.07) is 32.4. The summed E-state index contributed by atoms with van der Waals surface area (Å²) in [5.74, 6) is 0.865. The average Bonchev–Trinajstić information content (AvgIpc) is 3.47. The number of carbonyl (C=O) groups is 1. The lowest BCUT2D eigenvalue weighted by atomic mass is 10.1. The smallest absolute Gasteiger partial charge is 0.320 e. The summed E-state index contributed by atoms with van der Waals surface area (Å²) in [5.41, 5.74) is 6.79. The number of benzene rings is 4.